The second-order valence-corrected chi connectivity index (χ2v) is 6.57. The van der Waals surface area contributed by atoms with E-state index in [-0.39, 0.29) is 0 Å². The molecule has 0 aromatic heterocycles. The molecule has 2 heterocycles. The zero-order valence-electron chi connectivity index (χ0n) is 14.7. The predicted octanol–water partition coefficient (Wildman–Crippen LogP) is 7.15. The Kier molecular flexibility index (Phi) is 3.14. The molecule has 4 heteroatoms. The molecule has 0 spiro atoms. The number of benzene rings is 4. The molecule has 0 N–H and O–H groups in total. The number of ether oxygens (including phenoxy) is 4. The van der Waals surface area contributed by atoms with Crippen molar-refractivity contribution in [3.8, 4) is 57.1 Å². The van der Waals surface area contributed by atoms with Gasteiger partial charge in [-0.1, -0.05) is 48.5 Å². The van der Waals surface area contributed by atoms with Crippen molar-refractivity contribution >= 4 is 0 Å². The Labute approximate surface area is 161 Å². The van der Waals surface area contributed by atoms with Gasteiger partial charge in [0.2, 0.25) is 0 Å². The Balaban J connectivity index is 1.50. The van der Waals surface area contributed by atoms with Gasteiger partial charge in [-0.25, -0.2) is 0 Å². The van der Waals surface area contributed by atoms with Crippen molar-refractivity contribution in [2.75, 3.05) is 0 Å². The maximum absolute atomic E-state index is 6.20. The summed E-state index contributed by atoms with van der Waals surface area (Å²) in [7, 11) is 0. The van der Waals surface area contributed by atoms with Gasteiger partial charge in [0.25, 0.3) is 0 Å². The van der Waals surface area contributed by atoms with Crippen LogP contribution in [0.1, 0.15) is 0 Å². The van der Waals surface area contributed by atoms with E-state index in [0.29, 0.717) is 46.0 Å². The van der Waals surface area contributed by atoms with E-state index < -0.39 is 0 Å². The number of hydrogen-bond acceptors (Lipinski definition) is 4. The predicted molar refractivity (Wildman–Crippen MR) is 105 cm³/mol. The van der Waals surface area contributed by atoms with Crippen LogP contribution in [0.25, 0.3) is 11.1 Å². The highest BCUT2D eigenvalue weighted by Crippen LogP contribution is 2.54. The number of rotatable bonds is 1. The van der Waals surface area contributed by atoms with Crippen LogP contribution in [0.3, 0.4) is 0 Å². The fraction of sp³-hybridized carbons (Fsp3) is 0. The maximum atomic E-state index is 6.20. The Morgan fingerprint density at radius 1 is 0.321 bits per heavy atom. The summed E-state index contributed by atoms with van der Waals surface area (Å²) in [6.45, 7) is 0. The third kappa shape index (κ3) is 2.25. The van der Waals surface area contributed by atoms with Gasteiger partial charge in [0.1, 0.15) is 0 Å². The summed E-state index contributed by atoms with van der Waals surface area (Å²) in [4.78, 5) is 0. The molecule has 4 aromatic rings. The minimum Gasteiger partial charge on any atom is -0.449 e. The zero-order chi connectivity index (χ0) is 18.5. The van der Waals surface area contributed by atoms with Crippen LogP contribution in [-0.2, 0) is 0 Å². The highest BCUT2D eigenvalue weighted by Gasteiger charge is 2.27. The van der Waals surface area contributed by atoms with E-state index in [2.05, 4.69) is 0 Å². The molecule has 0 aliphatic carbocycles. The Hall–Kier alpha value is -3.92. The van der Waals surface area contributed by atoms with Gasteiger partial charge in [-0.2, -0.15) is 0 Å². The van der Waals surface area contributed by atoms with Gasteiger partial charge in [0, 0.05) is 11.1 Å². The number of fused-ring (bicyclic) bond motifs is 4. The van der Waals surface area contributed by atoms with E-state index in [1.165, 1.54) is 0 Å². The molecule has 6 rings (SSSR count). The van der Waals surface area contributed by atoms with E-state index in [9.17, 15) is 0 Å². The summed E-state index contributed by atoms with van der Waals surface area (Å²) < 4.78 is 24.5. The van der Waals surface area contributed by atoms with Crippen molar-refractivity contribution in [2.24, 2.45) is 0 Å². The molecule has 134 valence electrons. The van der Waals surface area contributed by atoms with E-state index >= 15 is 0 Å². The lowest BCUT2D eigenvalue weighted by Gasteiger charge is -2.25. The van der Waals surface area contributed by atoms with Crippen LogP contribution in [0.4, 0.5) is 0 Å². The third-order valence-electron chi connectivity index (χ3n) is 4.81. The largest absolute Gasteiger partial charge is 0.449 e. The molecule has 2 aliphatic rings. The summed E-state index contributed by atoms with van der Waals surface area (Å²) in [5, 5.41) is 0. The zero-order valence-corrected chi connectivity index (χ0v) is 14.7. The molecule has 0 saturated carbocycles. The molecule has 4 nitrogen and oxygen atoms in total. The van der Waals surface area contributed by atoms with Crippen molar-refractivity contribution in [1.82, 2.24) is 0 Å². The minimum atomic E-state index is 0.664. The van der Waals surface area contributed by atoms with Gasteiger partial charge in [0.05, 0.1) is 0 Å². The SMILES string of the molecule is c1ccc2c(c1)Oc1cccc(-c3cccc4c3Oc3ccccc3O4)c1O2. The highest BCUT2D eigenvalue weighted by molar-refractivity contribution is 5.82. The van der Waals surface area contributed by atoms with Crippen LogP contribution in [-0.4, -0.2) is 0 Å². The summed E-state index contributed by atoms with van der Waals surface area (Å²) >= 11 is 0. The lowest BCUT2D eigenvalue weighted by molar-refractivity contribution is 0.356. The number of para-hydroxylation sites is 6. The maximum Gasteiger partial charge on any atom is 0.178 e. The molecule has 4 aromatic carbocycles. The fourth-order valence-electron chi connectivity index (χ4n) is 3.52. The van der Waals surface area contributed by atoms with E-state index in [1.54, 1.807) is 0 Å². The van der Waals surface area contributed by atoms with Gasteiger partial charge in [-0.3, -0.25) is 0 Å². The van der Waals surface area contributed by atoms with Crippen molar-refractivity contribution in [3.63, 3.8) is 0 Å². The van der Waals surface area contributed by atoms with E-state index in [4.69, 9.17) is 18.9 Å². The Bertz CT molecular complexity index is 1130. The van der Waals surface area contributed by atoms with Crippen LogP contribution < -0.4 is 18.9 Å². The summed E-state index contributed by atoms with van der Waals surface area (Å²) in [5.41, 5.74) is 1.76. The lowest BCUT2D eigenvalue weighted by atomic mass is 10.0. The fourth-order valence-corrected chi connectivity index (χ4v) is 3.52. The van der Waals surface area contributed by atoms with E-state index in [1.807, 2.05) is 84.9 Å². The van der Waals surface area contributed by atoms with Crippen LogP contribution >= 0.6 is 0 Å². The average Bonchev–Trinajstić information content (AvgIpc) is 2.75. The smallest absolute Gasteiger partial charge is 0.178 e. The average molecular weight is 366 g/mol. The van der Waals surface area contributed by atoms with Crippen LogP contribution in [0.2, 0.25) is 0 Å². The Morgan fingerprint density at radius 3 is 1.11 bits per heavy atom. The second-order valence-electron chi connectivity index (χ2n) is 6.57. The quantitative estimate of drug-likeness (QED) is 0.310. The van der Waals surface area contributed by atoms with Crippen LogP contribution in [0.5, 0.6) is 46.0 Å². The topological polar surface area (TPSA) is 36.9 Å². The van der Waals surface area contributed by atoms with E-state index in [0.717, 1.165) is 11.1 Å². The first-order chi connectivity index (χ1) is 13.9. The molecule has 0 radical (unpaired) electrons. The molecule has 0 atom stereocenters. The first-order valence-electron chi connectivity index (χ1n) is 9.03. The monoisotopic (exact) mass is 366 g/mol. The van der Waals surface area contributed by atoms with Crippen molar-refractivity contribution in [3.05, 3.63) is 84.9 Å². The Morgan fingerprint density at radius 2 is 0.679 bits per heavy atom. The van der Waals surface area contributed by atoms with Gasteiger partial charge in [-0.05, 0) is 36.4 Å². The summed E-state index contributed by atoms with van der Waals surface area (Å²) in [6, 6.07) is 27.0. The molecule has 2 aliphatic heterocycles. The molecule has 0 fully saturated rings. The minimum absolute atomic E-state index is 0.664. The van der Waals surface area contributed by atoms with Crippen molar-refractivity contribution in [1.29, 1.82) is 0 Å². The molecular weight excluding hydrogens is 352 g/mol. The molecule has 28 heavy (non-hydrogen) atoms. The first-order valence-corrected chi connectivity index (χ1v) is 9.03. The highest BCUT2D eigenvalue weighted by atomic mass is 16.6. The van der Waals surface area contributed by atoms with Gasteiger partial charge in [-0.15, -0.1) is 0 Å². The molecule has 0 bridgehead atoms. The third-order valence-corrected chi connectivity index (χ3v) is 4.81. The molecule has 0 unspecified atom stereocenters. The van der Waals surface area contributed by atoms with Gasteiger partial charge >= 0.3 is 0 Å². The lowest BCUT2D eigenvalue weighted by Crippen LogP contribution is -2.03. The van der Waals surface area contributed by atoms with Crippen molar-refractivity contribution in [2.45, 2.75) is 0 Å². The van der Waals surface area contributed by atoms with Gasteiger partial charge in [0.15, 0.2) is 46.0 Å². The molecule has 0 saturated heterocycles. The standard InChI is InChI=1S/C24H14O4/c1-3-11-19-17(9-1)25-21-13-5-7-15(23(21)27-19)16-8-6-14-22-24(16)28-20-12-4-2-10-18(20)26-22/h1-14H. The van der Waals surface area contributed by atoms with Crippen LogP contribution in [0.15, 0.2) is 84.9 Å². The summed E-state index contributed by atoms with van der Waals surface area (Å²) in [6.07, 6.45) is 0. The van der Waals surface area contributed by atoms with Gasteiger partial charge < -0.3 is 18.9 Å². The normalized spacial score (nSPS) is 12.7. The van der Waals surface area contributed by atoms with Crippen LogP contribution in [0, 0.1) is 0 Å². The second kappa shape index (κ2) is 5.79. The molecule has 0 amide bonds. The summed E-state index contributed by atoms with van der Waals surface area (Å²) in [5.74, 6) is 5.46. The number of hydrogen-bond donors (Lipinski definition) is 0. The molecular formula is C24H14O4. The van der Waals surface area contributed by atoms with Crippen molar-refractivity contribution < 1.29 is 18.9 Å². The first kappa shape index (κ1) is 15.2.